The molecule has 1 N–H and O–H groups in total. The Morgan fingerprint density at radius 3 is 2.83 bits per heavy atom. The molecule has 1 saturated carbocycles. The summed E-state index contributed by atoms with van der Waals surface area (Å²) < 4.78 is 3.17. The van der Waals surface area contributed by atoms with E-state index in [0.29, 0.717) is 36.5 Å². The zero-order chi connectivity index (χ0) is 21.6. The van der Waals surface area contributed by atoms with Crippen molar-refractivity contribution in [2.75, 3.05) is 6.54 Å². The van der Waals surface area contributed by atoms with E-state index in [1.165, 1.54) is 6.42 Å². The lowest BCUT2D eigenvalue weighted by molar-refractivity contribution is -0.134. The number of hydrogen-bond acceptors (Lipinski definition) is 3. The van der Waals surface area contributed by atoms with Gasteiger partial charge in [-0.15, -0.1) is 11.3 Å². The third-order valence-corrected chi connectivity index (χ3v) is 8.34. The Morgan fingerprint density at radius 2 is 2.10 bits per heavy atom. The molecule has 3 heterocycles. The van der Waals surface area contributed by atoms with Crippen molar-refractivity contribution in [2.45, 2.75) is 78.4 Å². The maximum Gasteiger partial charge on any atom is 0.271 e. The van der Waals surface area contributed by atoms with Crippen LogP contribution in [0, 0.1) is 17.8 Å². The summed E-state index contributed by atoms with van der Waals surface area (Å²) in [5, 5.41) is 5.42. The molecule has 164 valence electrons. The van der Waals surface area contributed by atoms with Gasteiger partial charge in [-0.3, -0.25) is 9.59 Å². The quantitative estimate of drug-likeness (QED) is 0.735. The van der Waals surface area contributed by atoms with Crippen LogP contribution < -0.4 is 5.32 Å². The van der Waals surface area contributed by atoms with Crippen molar-refractivity contribution in [2.24, 2.45) is 17.8 Å². The summed E-state index contributed by atoms with van der Waals surface area (Å²) in [5.41, 5.74) is 0.892. The van der Waals surface area contributed by atoms with Crippen molar-refractivity contribution in [3.8, 4) is 0 Å². The molecule has 5 nitrogen and oxygen atoms in total. The number of nitrogens with one attached hydrogen (secondary N) is 1. The van der Waals surface area contributed by atoms with Crippen molar-refractivity contribution < 1.29 is 9.59 Å². The van der Waals surface area contributed by atoms with Crippen LogP contribution in [0.15, 0.2) is 17.5 Å². The smallest absolute Gasteiger partial charge is 0.271 e. The van der Waals surface area contributed by atoms with Gasteiger partial charge in [0, 0.05) is 12.6 Å². The van der Waals surface area contributed by atoms with Gasteiger partial charge in [-0.2, -0.15) is 0 Å². The van der Waals surface area contributed by atoms with E-state index in [0.717, 1.165) is 29.5 Å². The molecule has 0 aromatic carbocycles. The molecule has 0 saturated heterocycles. The van der Waals surface area contributed by atoms with Crippen LogP contribution in [-0.2, 0) is 11.3 Å². The monoisotopic (exact) mass is 429 g/mol. The van der Waals surface area contributed by atoms with Crippen LogP contribution in [0.2, 0.25) is 0 Å². The molecule has 30 heavy (non-hydrogen) atoms. The van der Waals surface area contributed by atoms with Gasteiger partial charge in [-0.1, -0.05) is 40.5 Å². The molecule has 0 radical (unpaired) electrons. The van der Waals surface area contributed by atoms with E-state index >= 15 is 0 Å². The van der Waals surface area contributed by atoms with Crippen molar-refractivity contribution in [1.29, 1.82) is 0 Å². The van der Waals surface area contributed by atoms with E-state index in [-0.39, 0.29) is 17.9 Å². The van der Waals surface area contributed by atoms with Gasteiger partial charge in [-0.25, -0.2) is 0 Å². The Labute approximate surface area is 183 Å². The van der Waals surface area contributed by atoms with Crippen molar-refractivity contribution in [1.82, 2.24) is 14.8 Å². The fraction of sp³-hybridized carbons (Fsp3) is 0.667. The second-order valence-corrected chi connectivity index (χ2v) is 11.0. The van der Waals surface area contributed by atoms with Crippen LogP contribution >= 0.6 is 11.3 Å². The van der Waals surface area contributed by atoms with Crippen LogP contribution in [0.3, 0.4) is 0 Å². The lowest BCUT2D eigenvalue weighted by atomic mass is 9.77. The third kappa shape index (κ3) is 3.57. The summed E-state index contributed by atoms with van der Waals surface area (Å²) in [4.78, 5) is 29.1. The Kier molecular flexibility index (Phi) is 5.73. The van der Waals surface area contributed by atoms with Gasteiger partial charge in [0.25, 0.3) is 5.91 Å². The second kappa shape index (κ2) is 8.03. The summed E-state index contributed by atoms with van der Waals surface area (Å²) in [7, 11) is 0. The largest absolute Gasteiger partial charge is 0.351 e. The first kappa shape index (κ1) is 21.4. The number of fused-ring (bicyclic) bond motifs is 3. The molecule has 0 unspecified atom stereocenters. The number of carbonyl (C=O) groups is 2. The SMILES string of the molecule is CC(C)CCN1C(=O)c2cc3sccc3n2C[C@]1(C)C(=O)N[C@@H]1CCC[C@H](C)[C@H]1C. The molecule has 0 spiro atoms. The van der Waals surface area contributed by atoms with E-state index < -0.39 is 5.54 Å². The summed E-state index contributed by atoms with van der Waals surface area (Å²) in [6.07, 6.45) is 4.30. The molecular formula is C24H35N3O2S. The first-order valence-corrected chi connectivity index (χ1v) is 12.3. The number of amides is 2. The maximum atomic E-state index is 13.7. The zero-order valence-electron chi connectivity index (χ0n) is 18.9. The fourth-order valence-corrected chi connectivity index (χ4v) is 5.94. The number of thiophene rings is 1. The van der Waals surface area contributed by atoms with Crippen LogP contribution in [0.4, 0.5) is 0 Å². The minimum absolute atomic E-state index is 0.00622. The van der Waals surface area contributed by atoms with E-state index in [9.17, 15) is 9.59 Å². The lowest BCUT2D eigenvalue weighted by Gasteiger charge is -2.46. The highest BCUT2D eigenvalue weighted by Gasteiger charge is 2.48. The third-order valence-electron chi connectivity index (χ3n) is 7.49. The van der Waals surface area contributed by atoms with E-state index in [2.05, 4.69) is 49.0 Å². The molecule has 1 fully saturated rings. The van der Waals surface area contributed by atoms with E-state index in [1.807, 2.05) is 17.9 Å². The van der Waals surface area contributed by atoms with Crippen LogP contribution in [0.1, 0.15) is 70.8 Å². The predicted molar refractivity (Wildman–Crippen MR) is 123 cm³/mol. The van der Waals surface area contributed by atoms with Crippen molar-refractivity contribution in [3.63, 3.8) is 0 Å². The van der Waals surface area contributed by atoms with E-state index in [1.54, 1.807) is 11.3 Å². The van der Waals surface area contributed by atoms with E-state index in [4.69, 9.17) is 0 Å². The Bertz CT molecular complexity index is 946. The van der Waals surface area contributed by atoms with Crippen molar-refractivity contribution in [3.05, 3.63) is 23.2 Å². The Morgan fingerprint density at radius 1 is 1.33 bits per heavy atom. The van der Waals surface area contributed by atoms with Gasteiger partial charge in [0.2, 0.25) is 5.91 Å². The minimum atomic E-state index is -0.882. The van der Waals surface area contributed by atoms with Crippen LogP contribution in [0.25, 0.3) is 10.2 Å². The standard InChI is InChI=1S/C24H35N3O2S/c1-15(2)9-11-27-22(28)20-13-21-19(10-12-30-21)26(20)14-24(27,5)23(29)25-18-8-6-7-16(3)17(18)4/h10,12-13,15-18H,6-9,11,14H2,1-5H3,(H,25,29)/t16-,17+,18+,24+/m0/s1. The average molecular weight is 430 g/mol. The summed E-state index contributed by atoms with van der Waals surface area (Å²) in [6, 6.07) is 4.24. The first-order chi connectivity index (χ1) is 14.2. The molecule has 4 rings (SSSR count). The van der Waals surface area contributed by atoms with Gasteiger partial charge in [0.15, 0.2) is 0 Å². The first-order valence-electron chi connectivity index (χ1n) is 11.4. The van der Waals surface area contributed by atoms with Crippen LogP contribution in [-0.4, -0.2) is 39.4 Å². The summed E-state index contributed by atoms with van der Waals surface area (Å²) >= 11 is 1.65. The summed E-state index contributed by atoms with van der Waals surface area (Å²) in [5.74, 6) is 1.52. The summed E-state index contributed by atoms with van der Waals surface area (Å²) in [6.45, 7) is 11.9. The molecule has 2 aromatic rings. The maximum absolute atomic E-state index is 13.7. The van der Waals surface area contributed by atoms with Gasteiger partial charge in [0.05, 0.1) is 16.8 Å². The molecule has 6 heteroatoms. The van der Waals surface area contributed by atoms with Gasteiger partial charge < -0.3 is 14.8 Å². The molecular weight excluding hydrogens is 394 g/mol. The second-order valence-electron chi connectivity index (χ2n) is 10.0. The average Bonchev–Trinajstić information content (AvgIpc) is 3.27. The predicted octanol–water partition coefficient (Wildman–Crippen LogP) is 4.90. The molecule has 2 amide bonds. The molecule has 2 aliphatic rings. The Hall–Kier alpha value is -1.82. The van der Waals surface area contributed by atoms with Crippen molar-refractivity contribution >= 4 is 33.4 Å². The van der Waals surface area contributed by atoms with Gasteiger partial charge in [-0.05, 0) is 55.0 Å². The Balaban J connectivity index is 1.67. The highest BCUT2D eigenvalue weighted by Crippen LogP contribution is 2.36. The minimum Gasteiger partial charge on any atom is -0.351 e. The number of nitrogens with zero attached hydrogens (tertiary/aromatic N) is 2. The zero-order valence-corrected chi connectivity index (χ0v) is 19.7. The molecule has 4 atom stereocenters. The molecule has 0 bridgehead atoms. The van der Waals surface area contributed by atoms with Crippen LogP contribution in [0.5, 0.6) is 0 Å². The normalized spacial score (nSPS) is 29.5. The molecule has 1 aliphatic carbocycles. The fourth-order valence-electron chi connectivity index (χ4n) is 5.12. The number of carbonyl (C=O) groups excluding carboxylic acids is 2. The van der Waals surface area contributed by atoms with Gasteiger partial charge >= 0.3 is 0 Å². The topological polar surface area (TPSA) is 54.3 Å². The number of aromatic nitrogens is 1. The number of rotatable bonds is 5. The molecule has 1 aliphatic heterocycles. The van der Waals surface area contributed by atoms with Gasteiger partial charge in [0.1, 0.15) is 11.2 Å². The molecule has 2 aromatic heterocycles. The lowest BCUT2D eigenvalue weighted by Crippen LogP contribution is -2.65. The highest BCUT2D eigenvalue weighted by atomic mass is 32.1. The number of hydrogen-bond donors (Lipinski definition) is 1. The highest BCUT2D eigenvalue weighted by molar-refractivity contribution is 7.17.